The lowest BCUT2D eigenvalue weighted by Gasteiger charge is -2.42. The van der Waals surface area contributed by atoms with Crippen molar-refractivity contribution in [1.29, 1.82) is 0 Å². The standard InChI is InChI=1S/C27H33N3O5/c1-4-25(31)29-19-10-13-23-21(14-19)27(33)30(3)22-12-11-20(35-24(22)16-34-23)15-26(32)28-17(2)18-8-6-5-7-9-18/h5-10,13-14,17,20,22,24H,4,11-12,15-16H2,1-3H3,(H,28,32)(H,29,31)/t17-,20+,22+,24-/m0/s1. The van der Waals surface area contributed by atoms with Crippen molar-refractivity contribution in [3.8, 4) is 5.75 Å². The Morgan fingerprint density at radius 3 is 2.63 bits per heavy atom. The Kier molecular flexibility index (Phi) is 7.70. The van der Waals surface area contributed by atoms with Gasteiger partial charge in [0, 0.05) is 19.2 Å². The Bertz CT molecular complexity index is 1070. The molecule has 35 heavy (non-hydrogen) atoms. The van der Waals surface area contributed by atoms with Crippen molar-refractivity contribution >= 4 is 23.4 Å². The van der Waals surface area contributed by atoms with Gasteiger partial charge in [-0.25, -0.2) is 0 Å². The molecule has 1 fully saturated rings. The van der Waals surface area contributed by atoms with Gasteiger partial charge in [-0.3, -0.25) is 14.4 Å². The smallest absolute Gasteiger partial charge is 0.257 e. The van der Waals surface area contributed by atoms with Crippen molar-refractivity contribution < 1.29 is 23.9 Å². The van der Waals surface area contributed by atoms with Crippen LogP contribution < -0.4 is 15.4 Å². The molecule has 0 bridgehead atoms. The van der Waals surface area contributed by atoms with Gasteiger partial charge < -0.3 is 25.0 Å². The van der Waals surface area contributed by atoms with Gasteiger partial charge in [-0.1, -0.05) is 37.3 Å². The molecule has 0 saturated carbocycles. The van der Waals surface area contributed by atoms with Crippen molar-refractivity contribution in [2.45, 2.75) is 63.8 Å². The molecule has 2 heterocycles. The van der Waals surface area contributed by atoms with E-state index in [-0.39, 0.29) is 55.0 Å². The normalized spacial score (nSPS) is 22.5. The zero-order chi connectivity index (χ0) is 24.9. The molecule has 2 aliphatic rings. The second-order valence-corrected chi connectivity index (χ2v) is 9.18. The molecule has 4 atom stereocenters. The maximum Gasteiger partial charge on any atom is 0.257 e. The largest absolute Gasteiger partial charge is 0.490 e. The summed E-state index contributed by atoms with van der Waals surface area (Å²) >= 11 is 0. The van der Waals surface area contributed by atoms with Gasteiger partial charge in [0.1, 0.15) is 18.5 Å². The van der Waals surface area contributed by atoms with Crippen LogP contribution in [0.2, 0.25) is 0 Å². The van der Waals surface area contributed by atoms with Gasteiger partial charge in [0.25, 0.3) is 5.91 Å². The number of nitrogens with zero attached hydrogens (tertiary/aromatic N) is 1. The number of benzene rings is 2. The molecule has 2 aromatic carbocycles. The van der Waals surface area contributed by atoms with Gasteiger partial charge in [-0.05, 0) is 43.5 Å². The van der Waals surface area contributed by atoms with Crippen molar-refractivity contribution in [3.63, 3.8) is 0 Å². The van der Waals surface area contributed by atoms with Crippen LogP contribution in [0, 0.1) is 0 Å². The van der Waals surface area contributed by atoms with E-state index in [4.69, 9.17) is 9.47 Å². The summed E-state index contributed by atoms with van der Waals surface area (Å²) in [5.74, 6) is 0.0909. The van der Waals surface area contributed by atoms with Crippen LogP contribution in [0.1, 0.15) is 61.5 Å². The minimum atomic E-state index is -0.338. The Morgan fingerprint density at radius 1 is 1.11 bits per heavy atom. The fourth-order valence-corrected chi connectivity index (χ4v) is 4.69. The number of carbonyl (C=O) groups excluding carboxylic acids is 3. The Hall–Kier alpha value is -3.39. The van der Waals surface area contributed by atoms with E-state index in [1.807, 2.05) is 37.3 Å². The van der Waals surface area contributed by atoms with Gasteiger partial charge >= 0.3 is 0 Å². The third kappa shape index (κ3) is 5.82. The number of hydrogen-bond donors (Lipinski definition) is 2. The second kappa shape index (κ2) is 10.9. The SMILES string of the molecule is CCC(=O)Nc1ccc2c(c1)C(=O)N(C)[C@@H]1CC[C@H](CC(=O)N[C@@H](C)c3ccccc3)O[C@H]1CO2. The summed E-state index contributed by atoms with van der Waals surface area (Å²) in [6, 6.07) is 14.7. The topological polar surface area (TPSA) is 97.0 Å². The summed E-state index contributed by atoms with van der Waals surface area (Å²) in [7, 11) is 1.77. The Morgan fingerprint density at radius 2 is 1.89 bits per heavy atom. The number of carbonyl (C=O) groups is 3. The number of rotatable bonds is 6. The van der Waals surface area contributed by atoms with E-state index in [0.29, 0.717) is 36.3 Å². The van der Waals surface area contributed by atoms with Crippen LogP contribution in [0.5, 0.6) is 5.75 Å². The first kappa shape index (κ1) is 24.7. The van der Waals surface area contributed by atoms with Crippen molar-refractivity contribution in [2.75, 3.05) is 19.0 Å². The zero-order valence-corrected chi connectivity index (χ0v) is 20.5. The molecule has 0 spiro atoms. The fourth-order valence-electron chi connectivity index (χ4n) is 4.69. The first-order chi connectivity index (χ1) is 16.9. The highest BCUT2D eigenvalue weighted by atomic mass is 16.5. The molecule has 1 saturated heterocycles. The van der Waals surface area contributed by atoms with Crippen molar-refractivity contribution in [2.24, 2.45) is 0 Å². The quantitative estimate of drug-likeness (QED) is 0.659. The van der Waals surface area contributed by atoms with Gasteiger partial charge in [-0.2, -0.15) is 0 Å². The minimum Gasteiger partial charge on any atom is -0.490 e. The van der Waals surface area contributed by atoms with Crippen LogP contribution in [-0.4, -0.2) is 54.5 Å². The number of likely N-dealkylation sites (N-methyl/N-ethyl adjacent to an activating group) is 1. The van der Waals surface area contributed by atoms with Crippen LogP contribution >= 0.6 is 0 Å². The highest BCUT2D eigenvalue weighted by molar-refractivity contribution is 5.99. The van der Waals surface area contributed by atoms with Crippen LogP contribution in [-0.2, 0) is 14.3 Å². The van der Waals surface area contributed by atoms with Gasteiger partial charge in [-0.15, -0.1) is 0 Å². The minimum absolute atomic E-state index is 0.0620. The van der Waals surface area contributed by atoms with Gasteiger partial charge in [0.05, 0.1) is 30.2 Å². The second-order valence-electron chi connectivity index (χ2n) is 9.18. The molecule has 0 aliphatic carbocycles. The van der Waals surface area contributed by atoms with Crippen molar-refractivity contribution in [1.82, 2.24) is 10.2 Å². The summed E-state index contributed by atoms with van der Waals surface area (Å²) in [4.78, 5) is 39.4. The van der Waals surface area contributed by atoms with E-state index in [0.717, 1.165) is 5.56 Å². The van der Waals surface area contributed by atoms with Crippen LogP contribution in [0.4, 0.5) is 5.69 Å². The van der Waals surface area contributed by atoms with Crippen LogP contribution in [0.15, 0.2) is 48.5 Å². The average Bonchev–Trinajstić information content (AvgIpc) is 2.86. The zero-order valence-electron chi connectivity index (χ0n) is 20.5. The van der Waals surface area contributed by atoms with E-state index in [2.05, 4.69) is 10.6 Å². The van der Waals surface area contributed by atoms with Crippen LogP contribution in [0.3, 0.4) is 0 Å². The Balaban J connectivity index is 1.40. The fraction of sp³-hybridized carbons (Fsp3) is 0.444. The summed E-state index contributed by atoms with van der Waals surface area (Å²) < 4.78 is 12.3. The molecule has 2 aliphatic heterocycles. The predicted octanol–water partition coefficient (Wildman–Crippen LogP) is 3.68. The lowest BCUT2D eigenvalue weighted by Crippen LogP contribution is -2.54. The molecule has 0 radical (unpaired) electrons. The third-order valence-corrected chi connectivity index (χ3v) is 6.71. The number of nitrogens with one attached hydrogen (secondary N) is 2. The predicted molar refractivity (Wildman–Crippen MR) is 132 cm³/mol. The number of fused-ring (bicyclic) bond motifs is 2. The molecular formula is C27H33N3O5. The maximum absolute atomic E-state index is 13.3. The molecular weight excluding hydrogens is 446 g/mol. The van der Waals surface area contributed by atoms with E-state index in [1.165, 1.54) is 0 Å². The van der Waals surface area contributed by atoms with E-state index in [9.17, 15) is 14.4 Å². The first-order valence-corrected chi connectivity index (χ1v) is 12.2. The number of hydrogen-bond acceptors (Lipinski definition) is 5. The summed E-state index contributed by atoms with van der Waals surface area (Å²) in [6.45, 7) is 4.01. The summed E-state index contributed by atoms with van der Waals surface area (Å²) in [6.07, 6.45) is 1.42. The molecule has 186 valence electrons. The van der Waals surface area contributed by atoms with Crippen molar-refractivity contribution in [3.05, 3.63) is 59.7 Å². The molecule has 0 aromatic heterocycles. The maximum atomic E-state index is 13.3. The van der Waals surface area contributed by atoms with Gasteiger partial charge in [0.15, 0.2) is 0 Å². The molecule has 8 nitrogen and oxygen atoms in total. The summed E-state index contributed by atoms with van der Waals surface area (Å²) in [5, 5.41) is 5.83. The monoisotopic (exact) mass is 479 g/mol. The van der Waals surface area contributed by atoms with E-state index >= 15 is 0 Å². The lowest BCUT2D eigenvalue weighted by molar-refractivity contribution is -0.134. The highest BCUT2D eigenvalue weighted by Gasteiger charge is 2.39. The highest BCUT2D eigenvalue weighted by Crippen LogP contribution is 2.32. The lowest BCUT2D eigenvalue weighted by atomic mass is 9.94. The van der Waals surface area contributed by atoms with Crippen LogP contribution in [0.25, 0.3) is 0 Å². The third-order valence-electron chi connectivity index (χ3n) is 6.71. The summed E-state index contributed by atoms with van der Waals surface area (Å²) in [5.41, 5.74) is 2.03. The molecule has 3 amide bonds. The Labute approximate surface area is 206 Å². The number of anilines is 1. The van der Waals surface area contributed by atoms with Gasteiger partial charge in [0.2, 0.25) is 11.8 Å². The molecule has 2 N–H and O–H groups in total. The molecule has 8 heteroatoms. The van der Waals surface area contributed by atoms with E-state index in [1.54, 1.807) is 37.1 Å². The molecule has 2 aromatic rings. The molecule has 0 unspecified atom stereocenters. The number of ether oxygens (including phenoxy) is 2. The number of amides is 3. The first-order valence-electron chi connectivity index (χ1n) is 12.2. The molecule has 4 rings (SSSR count). The van der Waals surface area contributed by atoms with E-state index < -0.39 is 0 Å². The average molecular weight is 480 g/mol.